The molecule has 3 heteroatoms. The highest BCUT2D eigenvalue weighted by atomic mass is 16.3. The molecule has 17 heavy (non-hydrogen) atoms. The van der Waals surface area contributed by atoms with Crippen molar-refractivity contribution < 1.29 is 9.21 Å². The highest BCUT2D eigenvalue weighted by Crippen LogP contribution is 2.13. The Balaban J connectivity index is 2.16. The average molecular weight is 225 g/mol. The van der Waals surface area contributed by atoms with E-state index in [0.717, 1.165) is 5.56 Å². The fourth-order valence-corrected chi connectivity index (χ4v) is 1.45. The van der Waals surface area contributed by atoms with Crippen molar-refractivity contribution in [1.29, 1.82) is 0 Å². The second-order valence-electron chi connectivity index (χ2n) is 3.63. The molecule has 0 saturated heterocycles. The van der Waals surface area contributed by atoms with E-state index in [1.165, 1.54) is 6.26 Å². The van der Waals surface area contributed by atoms with Gasteiger partial charge in [-0.25, -0.2) is 0 Å². The number of hydrogen-bond donors (Lipinski definition) is 1. The third-order valence-corrected chi connectivity index (χ3v) is 2.28. The summed E-state index contributed by atoms with van der Waals surface area (Å²) in [5, 5.41) is 2.75. The van der Waals surface area contributed by atoms with E-state index in [9.17, 15) is 4.79 Å². The van der Waals surface area contributed by atoms with Crippen molar-refractivity contribution in [3.8, 4) is 12.3 Å². The summed E-state index contributed by atoms with van der Waals surface area (Å²) in [7, 11) is 0. The molecular formula is C14H11NO2. The molecule has 0 unspecified atom stereocenters. The molecule has 0 aliphatic rings. The van der Waals surface area contributed by atoms with Crippen LogP contribution in [0, 0.1) is 19.3 Å². The van der Waals surface area contributed by atoms with E-state index in [4.69, 9.17) is 10.8 Å². The second kappa shape index (κ2) is 4.58. The van der Waals surface area contributed by atoms with Crippen LogP contribution in [-0.2, 0) is 0 Å². The number of aryl methyl sites for hydroxylation is 1. The summed E-state index contributed by atoms with van der Waals surface area (Å²) >= 11 is 0. The molecule has 0 bridgehead atoms. The van der Waals surface area contributed by atoms with Crippen LogP contribution < -0.4 is 5.32 Å². The Morgan fingerprint density at radius 3 is 2.88 bits per heavy atom. The van der Waals surface area contributed by atoms with Gasteiger partial charge in [0.2, 0.25) is 0 Å². The Kier molecular flexibility index (Phi) is 2.97. The lowest BCUT2D eigenvalue weighted by Crippen LogP contribution is -2.10. The molecule has 1 aromatic carbocycles. The maximum Gasteiger partial charge on any atom is 0.258 e. The first-order valence-electron chi connectivity index (χ1n) is 5.12. The zero-order valence-electron chi connectivity index (χ0n) is 9.36. The lowest BCUT2D eigenvalue weighted by molar-refractivity contribution is 0.102. The molecule has 1 heterocycles. The summed E-state index contributed by atoms with van der Waals surface area (Å²) in [4.78, 5) is 11.8. The normalized spacial score (nSPS) is 9.65. The van der Waals surface area contributed by atoms with Gasteiger partial charge in [-0.15, -0.1) is 6.42 Å². The number of hydrogen-bond acceptors (Lipinski definition) is 2. The van der Waals surface area contributed by atoms with Crippen molar-refractivity contribution in [2.24, 2.45) is 0 Å². The number of terminal acetylenes is 1. The zero-order valence-corrected chi connectivity index (χ0v) is 9.36. The van der Waals surface area contributed by atoms with Crippen LogP contribution in [0.25, 0.3) is 0 Å². The predicted octanol–water partition coefficient (Wildman–Crippen LogP) is 2.82. The number of anilines is 1. The minimum absolute atomic E-state index is 0.212. The number of carbonyl (C=O) groups excluding carboxylic acids is 1. The largest absolute Gasteiger partial charge is 0.469 e. The van der Waals surface area contributed by atoms with Gasteiger partial charge >= 0.3 is 0 Å². The van der Waals surface area contributed by atoms with Crippen LogP contribution in [0.1, 0.15) is 21.7 Å². The topological polar surface area (TPSA) is 42.2 Å². The Bertz CT molecular complexity index is 590. The van der Waals surface area contributed by atoms with Gasteiger partial charge in [0.15, 0.2) is 0 Å². The van der Waals surface area contributed by atoms with E-state index in [2.05, 4.69) is 11.2 Å². The van der Waals surface area contributed by atoms with E-state index in [1.807, 2.05) is 0 Å². The minimum Gasteiger partial charge on any atom is -0.469 e. The SMILES string of the molecule is C#Cc1cccc(NC(=O)c2coc(C)c2)c1. The molecule has 0 atom stereocenters. The van der Waals surface area contributed by atoms with E-state index < -0.39 is 0 Å². The number of furan rings is 1. The van der Waals surface area contributed by atoms with Crippen LogP contribution in [0.4, 0.5) is 5.69 Å². The number of benzene rings is 1. The summed E-state index contributed by atoms with van der Waals surface area (Å²) in [6.07, 6.45) is 6.71. The molecule has 0 fully saturated rings. The first-order chi connectivity index (χ1) is 8.19. The minimum atomic E-state index is -0.212. The third kappa shape index (κ3) is 2.56. The van der Waals surface area contributed by atoms with E-state index in [1.54, 1.807) is 37.3 Å². The van der Waals surface area contributed by atoms with E-state index in [-0.39, 0.29) is 5.91 Å². The molecule has 3 nitrogen and oxygen atoms in total. The Labute approximate surface area is 99.5 Å². The summed E-state index contributed by atoms with van der Waals surface area (Å²) in [6.45, 7) is 1.79. The first kappa shape index (κ1) is 11.0. The molecular weight excluding hydrogens is 214 g/mol. The Morgan fingerprint density at radius 1 is 1.41 bits per heavy atom. The predicted molar refractivity (Wildman–Crippen MR) is 65.8 cm³/mol. The molecule has 2 aromatic rings. The van der Waals surface area contributed by atoms with Gasteiger partial charge in [-0.05, 0) is 31.2 Å². The lowest BCUT2D eigenvalue weighted by atomic mass is 10.2. The van der Waals surface area contributed by atoms with Gasteiger partial charge < -0.3 is 9.73 Å². The Hall–Kier alpha value is -2.47. The molecule has 1 aromatic heterocycles. The molecule has 0 spiro atoms. The van der Waals surface area contributed by atoms with Crippen molar-refractivity contribution >= 4 is 11.6 Å². The zero-order chi connectivity index (χ0) is 12.3. The maximum absolute atomic E-state index is 11.8. The molecule has 1 amide bonds. The first-order valence-corrected chi connectivity index (χ1v) is 5.12. The molecule has 0 saturated carbocycles. The molecule has 0 aliphatic heterocycles. The molecule has 84 valence electrons. The second-order valence-corrected chi connectivity index (χ2v) is 3.63. The third-order valence-electron chi connectivity index (χ3n) is 2.28. The van der Waals surface area contributed by atoms with Crippen LogP contribution >= 0.6 is 0 Å². The number of nitrogens with one attached hydrogen (secondary N) is 1. The smallest absolute Gasteiger partial charge is 0.258 e. The van der Waals surface area contributed by atoms with Gasteiger partial charge in [-0.1, -0.05) is 12.0 Å². The fraction of sp³-hybridized carbons (Fsp3) is 0.0714. The highest BCUT2D eigenvalue weighted by molar-refractivity contribution is 6.04. The Morgan fingerprint density at radius 2 is 2.24 bits per heavy atom. The average Bonchev–Trinajstić information content (AvgIpc) is 2.76. The monoisotopic (exact) mass is 225 g/mol. The molecule has 1 N–H and O–H groups in total. The van der Waals surface area contributed by atoms with Gasteiger partial charge in [-0.3, -0.25) is 4.79 Å². The van der Waals surface area contributed by atoms with Crippen LogP contribution in [0.5, 0.6) is 0 Å². The summed E-state index contributed by atoms with van der Waals surface area (Å²) in [5.74, 6) is 3.00. The number of amides is 1. The van der Waals surface area contributed by atoms with Crippen molar-refractivity contribution in [1.82, 2.24) is 0 Å². The van der Waals surface area contributed by atoms with Gasteiger partial charge in [0.05, 0.1) is 5.56 Å². The van der Waals surface area contributed by atoms with Crippen molar-refractivity contribution in [2.45, 2.75) is 6.92 Å². The van der Waals surface area contributed by atoms with E-state index in [0.29, 0.717) is 17.0 Å². The van der Waals surface area contributed by atoms with Crippen LogP contribution in [0.3, 0.4) is 0 Å². The van der Waals surface area contributed by atoms with Gasteiger partial charge in [0.1, 0.15) is 12.0 Å². The maximum atomic E-state index is 11.8. The van der Waals surface area contributed by atoms with Crippen LogP contribution in [0.15, 0.2) is 41.0 Å². The van der Waals surface area contributed by atoms with Gasteiger partial charge in [0, 0.05) is 11.3 Å². The lowest BCUT2D eigenvalue weighted by Gasteiger charge is -2.03. The van der Waals surface area contributed by atoms with E-state index >= 15 is 0 Å². The van der Waals surface area contributed by atoms with Crippen LogP contribution in [0.2, 0.25) is 0 Å². The summed E-state index contributed by atoms with van der Waals surface area (Å²) < 4.78 is 5.08. The molecule has 0 radical (unpaired) electrons. The summed E-state index contributed by atoms with van der Waals surface area (Å²) in [5.41, 5.74) is 1.89. The van der Waals surface area contributed by atoms with Gasteiger partial charge in [-0.2, -0.15) is 0 Å². The van der Waals surface area contributed by atoms with Crippen molar-refractivity contribution in [3.05, 3.63) is 53.5 Å². The van der Waals surface area contributed by atoms with Crippen molar-refractivity contribution in [2.75, 3.05) is 5.32 Å². The van der Waals surface area contributed by atoms with Crippen LogP contribution in [-0.4, -0.2) is 5.91 Å². The standard InChI is InChI=1S/C14H11NO2/c1-3-11-5-4-6-13(8-11)15-14(16)12-7-10(2)17-9-12/h1,4-9H,2H3,(H,15,16). The highest BCUT2D eigenvalue weighted by Gasteiger charge is 2.08. The molecule has 0 aliphatic carbocycles. The quantitative estimate of drug-likeness (QED) is 0.798. The summed E-state index contributed by atoms with van der Waals surface area (Å²) in [6, 6.07) is 8.81. The number of rotatable bonds is 2. The number of carbonyl (C=O) groups is 1. The van der Waals surface area contributed by atoms with Gasteiger partial charge in [0.25, 0.3) is 5.91 Å². The van der Waals surface area contributed by atoms with Crippen molar-refractivity contribution in [3.63, 3.8) is 0 Å². The molecule has 2 rings (SSSR count). The fourth-order valence-electron chi connectivity index (χ4n) is 1.45.